The number of benzene rings is 1. The minimum Gasteiger partial charge on any atom is -0.281 e. The summed E-state index contributed by atoms with van der Waals surface area (Å²) in [5, 5.41) is 10.2. The van der Waals surface area contributed by atoms with Crippen molar-refractivity contribution in [2.24, 2.45) is 0 Å². The molecule has 0 atom stereocenters. The highest BCUT2D eigenvalue weighted by Gasteiger charge is 2.12. The molecule has 0 aliphatic rings. The molecule has 1 aromatic carbocycles. The van der Waals surface area contributed by atoms with E-state index in [9.17, 15) is 22.9 Å². The maximum Gasteiger partial charge on any atom is 0.272 e. The lowest BCUT2D eigenvalue weighted by atomic mass is 10.3. The van der Waals surface area contributed by atoms with Gasteiger partial charge in [-0.15, -0.1) is 0 Å². The summed E-state index contributed by atoms with van der Waals surface area (Å²) in [7, 11) is -3.59. The van der Waals surface area contributed by atoms with Gasteiger partial charge in [-0.1, -0.05) is 0 Å². The third-order valence-electron chi connectivity index (χ3n) is 1.46. The molecule has 0 fully saturated rings. The van der Waals surface area contributed by atoms with Gasteiger partial charge >= 0.3 is 0 Å². The molecule has 0 aliphatic carbocycles. The van der Waals surface area contributed by atoms with Crippen LogP contribution in [0.1, 0.15) is 0 Å². The van der Waals surface area contributed by atoms with Gasteiger partial charge in [-0.25, -0.2) is 12.8 Å². The predicted molar refractivity (Wildman–Crippen MR) is 51.5 cm³/mol. The lowest BCUT2D eigenvalue weighted by Crippen LogP contribution is -2.10. The number of non-ortho nitro benzene ring substituents is 1. The first-order valence-electron chi connectivity index (χ1n) is 3.71. The lowest BCUT2D eigenvalue weighted by Gasteiger charge is -2.04. The van der Waals surface area contributed by atoms with Crippen molar-refractivity contribution < 1.29 is 17.7 Å². The maximum absolute atomic E-state index is 13.1. The van der Waals surface area contributed by atoms with E-state index in [1.165, 1.54) is 0 Å². The molecule has 0 radical (unpaired) electrons. The maximum atomic E-state index is 13.1. The molecule has 0 heterocycles. The number of nitrogens with one attached hydrogen (secondary N) is 1. The van der Waals surface area contributed by atoms with Crippen molar-refractivity contribution in [3.63, 3.8) is 0 Å². The third kappa shape index (κ3) is 3.17. The van der Waals surface area contributed by atoms with E-state index < -0.39 is 26.5 Å². The predicted octanol–water partition coefficient (Wildman–Crippen LogP) is 1.11. The second-order valence-electron chi connectivity index (χ2n) is 2.80. The number of nitro benzene ring substituents is 1. The van der Waals surface area contributed by atoms with Crippen LogP contribution in [0.5, 0.6) is 0 Å². The van der Waals surface area contributed by atoms with Gasteiger partial charge in [0, 0.05) is 6.07 Å². The quantitative estimate of drug-likeness (QED) is 0.626. The van der Waals surface area contributed by atoms with Crippen molar-refractivity contribution in [2.45, 2.75) is 0 Å². The van der Waals surface area contributed by atoms with Crippen molar-refractivity contribution in [3.05, 3.63) is 34.1 Å². The molecular weight excluding hydrogens is 227 g/mol. The molecule has 0 amide bonds. The standard InChI is InChI=1S/C7H7FN2O4S/c1-15(13,14)9-7-3-2-5(10(11)12)4-6(7)8/h2-4,9H,1H3. The Bertz CT molecular complexity index is 500. The van der Waals surface area contributed by atoms with Crippen molar-refractivity contribution in [3.8, 4) is 0 Å². The Hall–Kier alpha value is -1.70. The number of anilines is 1. The number of rotatable bonds is 3. The smallest absolute Gasteiger partial charge is 0.272 e. The molecule has 0 saturated heterocycles. The van der Waals surface area contributed by atoms with Crippen LogP contribution < -0.4 is 4.72 Å². The summed E-state index contributed by atoms with van der Waals surface area (Å²) in [5.41, 5.74) is -0.755. The third-order valence-corrected chi connectivity index (χ3v) is 2.05. The monoisotopic (exact) mass is 234 g/mol. The molecule has 0 bridgehead atoms. The van der Waals surface area contributed by atoms with Crippen LogP contribution in [-0.4, -0.2) is 19.6 Å². The fraction of sp³-hybridized carbons (Fsp3) is 0.143. The number of sulfonamides is 1. The average Bonchev–Trinajstić information content (AvgIpc) is 2.05. The summed E-state index contributed by atoms with van der Waals surface area (Å²) >= 11 is 0. The van der Waals surface area contributed by atoms with Crippen LogP contribution in [0.25, 0.3) is 0 Å². The van der Waals surface area contributed by atoms with Gasteiger partial charge in [0.15, 0.2) is 5.82 Å². The number of halogens is 1. The van der Waals surface area contributed by atoms with Gasteiger partial charge in [0.05, 0.1) is 22.9 Å². The van der Waals surface area contributed by atoms with Crippen LogP contribution in [0.4, 0.5) is 15.8 Å². The van der Waals surface area contributed by atoms with Gasteiger partial charge in [0.25, 0.3) is 5.69 Å². The van der Waals surface area contributed by atoms with Crippen molar-refractivity contribution >= 4 is 21.4 Å². The second kappa shape index (κ2) is 3.81. The fourth-order valence-electron chi connectivity index (χ4n) is 0.900. The van der Waals surface area contributed by atoms with Crippen LogP contribution in [0.2, 0.25) is 0 Å². The molecule has 6 nitrogen and oxygen atoms in total. The Labute approximate surface area is 84.9 Å². The molecule has 82 valence electrons. The highest BCUT2D eigenvalue weighted by Crippen LogP contribution is 2.20. The van der Waals surface area contributed by atoms with E-state index in [-0.39, 0.29) is 5.69 Å². The first-order chi connectivity index (χ1) is 6.79. The summed E-state index contributed by atoms with van der Waals surface area (Å²) < 4.78 is 36.5. The van der Waals surface area contributed by atoms with Gasteiger partial charge in [-0.3, -0.25) is 14.8 Å². The molecule has 1 aromatic rings. The Morgan fingerprint density at radius 3 is 2.47 bits per heavy atom. The summed E-state index contributed by atoms with van der Waals surface area (Å²) in [6.45, 7) is 0. The highest BCUT2D eigenvalue weighted by molar-refractivity contribution is 7.92. The van der Waals surface area contributed by atoms with Crippen LogP contribution in [0.15, 0.2) is 18.2 Å². The number of nitro groups is 1. The number of nitrogens with zero attached hydrogens (tertiary/aromatic N) is 1. The lowest BCUT2D eigenvalue weighted by molar-refractivity contribution is -0.385. The molecule has 0 aromatic heterocycles. The molecule has 1 rings (SSSR count). The first kappa shape index (κ1) is 11.4. The second-order valence-corrected chi connectivity index (χ2v) is 4.54. The summed E-state index contributed by atoms with van der Waals surface area (Å²) in [6.07, 6.45) is 0.855. The van der Waals surface area contributed by atoms with E-state index in [4.69, 9.17) is 0 Å². The van der Waals surface area contributed by atoms with E-state index in [2.05, 4.69) is 0 Å². The molecule has 0 aliphatic heterocycles. The minimum atomic E-state index is -3.59. The Balaban J connectivity index is 3.09. The van der Waals surface area contributed by atoms with E-state index in [1.807, 2.05) is 4.72 Å². The summed E-state index contributed by atoms with van der Waals surface area (Å²) in [5.74, 6) is -0.991. The summed E-state index contributed by atoms with van der Waals surface area (Å²) in [4.78, 5) is 9.48. The van der Waals surface area contributed by atoms with Crippen LogP contribution in [-0.2, 0) is 10.0 Å². The number of hydrogen-bond acceptors (Lipinski definition) is 4. The molecule has 0 spiro atoms. The first-order valence-corrected chi connectivity index (χ1v) is 5.60. The van der Waals surface area contributed by atoms with Crippen molar-refractivity contribution in [1.29, 1.82) is 0 Å². The molecule has 0 saturated carbocycles. The molecule has 15 heavy (non-hydrogen) atoms. The van der Waals surface area contributed by atoms with Gasteiger partial charge in [-0.2, -0.15) is 0 Å². The normalized spacial score (nSPS) is 11.1. The van der Waals surface area contributed by atoms with Crippen LogP contribution in [0, 0.1) is 15.9 Å². The van der Waals surface area contributed by atoms with E-state index in [0.717, 1.165) is 18.4 Å². The summed E-state index contributed by atoms with van der Waals surface area (Å²) in [6, 6.07) is 2.65. The SMILES string of the molecule is CS(=O)(=O)Nc1ccc([N+](=O)[O-])cc1F. The zero-order valence-corrected chi connectivity index (χ0v) is 8.41. The Morgan fingerprint density at radius 2 is 2.07 bits per heavy atom. The van der Waals surface area contributed by atoms with Gasteiger partial charge < -0.3 is 0 Å². The molecular formula is C7H7FN2O4S. The topological polar surface area (TPSA) is 89.3 Å². The van der Waals surface area contributed by atoms with Gasteiger partial charge in [-0.05, 0) is 6.07 Å². The minimum absolute atomic E-state index is 0.317. The van der Waals surface area contributed by atoms with E-state index >= 15 is 0 Å². The average molecular weight is 234 g/mol. The largest absolute Gasteiger partial charge is 0.281 e. The van der Waals surface area contributed by atoms with Crippen molar-refractivity contribution in [1.82, 2.24) is 0 Å². The molecule has 1 N–H and O–H groups in total. The van der Waals surface area contributed by atoms with Gasteiger partial charge in [0.1, 0.15) is 0 Å². The van der Waals surface area contributed by atoms with Gasteiger partial charge in [0.2, 0.25) is 10.0 Å². The zero-order valence-electron chi connectivity index (χ0n) is 7.60. The van der Waals surface area contributed by atoms with Crippen LogP contribution >= 0.6 is 0 Å². The van der Waals surface area contributed by atoms with Crippen LogP contribution in [0.3, 0.4) is 0 Å². The van der Waals surface area contributed by atoms with Crippen molar-refractivity contribution in [2.75, 3.05) is 11.0 Å². The Kier molecular flexibility index (Phi) is 2.89. The molecule has 0 unspecified atom stereocenters. The molecule has 8 heteroatoms. The highest BCUT2D eigenvalue weighted by atomic mass is 32.2. The fourth-order valence-corrected chi connectivity index (χ4v) is 1.47. The van der Waals surface area contributed by atoms with E-state index in [0.29, 0.717) is 6.07 Å². The van der Waals surface area contributed by atoms with E-state index in [1.54, 1.807) is 0 Å². The number of hydrogen-bond donors (Lipinski definition) is 1. The Morgan fingerprint density at radius 1 is 1.47 bits per heavy atom. The zero-order chi connectivity index (χ0) is 11.6.